The molecule has 2 aromatic rings. The summed E-state index contributed by atoms with van der Waals surface area (Å²) in [5.41, 5.74) is 1.41. The first-order chi connectivity index (χ1) is 12.7. The maximum absolute atomic E-state index is 12.5. The Hall–Kier alpha value is -2.95. The van der Waals surface area contributed by atoms with Crippen LogP contribution in [0, 0.1) is 0 Å². The van der Waals surface area contributed by atoms with Gasteiger partial charge in [-0.05, 0) is 48.9 Å². The summed E-state index contributed by atoms with van der Waals surface area (Å²) in [5.74, 6) is 2.51. The van der Waals surface area contributed by atoms with E-state index in [0.29, 0.717) is 48.4 Å². The molecule has 136 valence electrons. The summed E-state index contributed by atoms with van der Waals surface area (Å²) < 4.78 is 22.1. The number of methoxy groups -OCH3 is 1. The molecule has 0 saturated heterocycles. The van der Waals surface area contributed by atoms with Crippen LogP contribution < -0.4 is 18.9 Å². The monoisotopic (exact) mass is 354 g/mol. The largest absolute Gasteiger partial charge is 0.493 e. The van der Waals surface area contributed by atoms with Gasteiger partial charge in [0.05, 0.1) is 26.9 Å². The Morgan fingerprint density at radius 1 is 1.08 bits per heavy atom. The quantitative estimate of drug-likeness (QED) is 0.576. The lowest BCUT2D eigenvalue weighted by atomic mass is 10.1. The zero-order chi connectivity index (χ0) is 18.4. The molecule has 0 saturated carbocycles. The van der Waals surface area contributed by atoms with E-state index in [9.17, 15) is 4.79 Å². The van der Waals surface area contributed by atoms with E-state index in [1.54, 1.807) is 31.4 Å². The highest BCUT2D eigenvalue weighted by atomic mass is 16.5. The third-order valence-electron chi connectivity index (χ3n) is 3.95. The van der Waals surface area contributed by atoms with Gasteiger partial charge in [0.1, 0.15) is 0 Å². The predicted molar refractivity (Wildman–Crippen MR) is 99.6 cm³/mol. The van der Waals surface area contributed by atoms with Crippen molar-refractivity contribution in [3.8, 4) is 23.0 Å². The minimum Gasteiger partial charge on any atom is -0.493 e. The summed E-state index contributed by atoms with van der Waals surface area (Å²) in [5, 5.41) is 0. The van der Waals surface area contributed by atoms with Crippen LogP contribution in [-0.2, 0) is 0 Å². The molecule has 1 heterocycles. The van der Waals surface area contributed by atoms with Crippen molar-refractivity contribution in [2.75, 3.05) is 26.9 Å². The van der Waals surface area contributed by atoms with E-state index in [1.807, 2.05) is 25.1 Å². The third kappa shape index (κ3) is 4.17. The first kappa shape index (κ1) is 17.9. The summed E-state index contributed by atoms with van der Waals surface area (Å²) >= 11 is 0. The van der Waals surface area contributed by atoms with Crippen molar-refractivity contribution in [1.82, 2.24) is 0 Å². The molecule has 0 atom stereocenters. The predicted octanol–water partition coefficient (Wildman–Crippen LogP) is 4.15. The van der Waals surface area contributed by atoms with Gasteiger partial charge in [0.15, 0.2) is 28.8 Å². The highest BCUT2D eigenvalue weighted by molar-refractivity contribution is 6.07. The van der Waals surface area contributed by atoms with Crippen LogP contribution in [0.25, 0.3) is 6.08 Å². The molecule has 0 radical (unpaired) electrons. The Morgan fingerprint density at radius 3 is 2.65 bits per heavy atom. The van der Waals surface area contributed by atoms with Crippen molar-refractivity contribution < 1.29 is 23.7 Å². The molecule has 0 aliphatic carbocycles. The third-order valence-corrected chi connectivity index (χ3v) is 3.95. The number of allylic oxidation sites excluding steroid dienone is 1. The number of ether oxygens (including phenoxy) is 4. The first-order valence-corrected chi connectivity index (χ1v) is 8.64. The standard InChI is InChI=1S/C21H22O5/c1-3-24-18-9-6-15(13-20(18)23-2)5-8-17(22)16-7-10-19-21(14-16)26-12-4-11-25-19/h5-10,13-14H,3-4,11-12H2,1-2H3/b8-5+. The second-order valence-corrected chi connectivity index (χ2v) is 5.75. The molecule has 0 unspecified atom stereocenters. The lowest BCUT2D eigenvalue weighted by molar-refractivity contribution is 0.104. The fourth-order valence-electron chi connectivity index (χ4n) is 2.65. The summed E-state index contributed by atoms with van der Waals surface area (Å²) in [4.78, 5) is 12.5. The Kier molecular flexibility index (Phi) is 5.79. The van der Waals surface area contributed by atoms with Gasteiger partial charge >= 0.3 is 0 Å². The smallest absolute Gasteiger partial charge is 0.185 e. The average molecular weight is 354 g/mol. The Morgan fingerprint density at radius 2 is 1.88 bits per heavy atom. The molecular formula is C21H22O5. The molecule has 5 nitrogen and oxygen atoms in total. The molecular weight excluding hydrogens is 332 g/mol. The Balaban J connectivity index is 1.76. The van der Waals surface area contributed by atoms with Crippen molar-refractivity contribution in [2.24, 2.45) is 0 Å². The molecule has 5 heteroatoms. The lowest BCUT2D eigenvalue weighted by Crippen LogP contribution is -1.98. The minimum atomic E-state index is -0.103. The van der Waals surface area contributed by atoms with Gasteiger partial charge in [-0.2, -0.15) is 0 Å². The fraction of sp³-hybridized carbons (Fsp3) is 0.286. The second kappa shape index (κ2) is 8.43. The normalized spacial score (nSPS) is 13.3. The number of hydrogen-bond donors (Lipinski definition) is 0. The molecule has 3 rings (SSSR count). The van der Waals surface area contributed by atoms with Crippen LogP contribution in [0.15, 0.2) is 42.5 Å². The number of hydrogen-bond acceptors (Lipinski definition) is 5. The molecule has 0 amide bonds. The van der Waals surface area contributed by atoms with Crippen molar-refractivity contribution in [3.05, 3.63) is 53.6 Å². The molecule has 0 fully saturated rings. The number of benzene rings is 2. The van der Waals surface area contributed by atoms with Gasteiger partial charge in [-0.1, -0.05) is 12.1 Å². The van der Waals surface area contributed by atoms with E-state index in [0.717, 1.165) is 12.0 Å². The van der Waals surface area contributed by atoms with Crippen molar-refractivity contribution in [2.45, 2.75) is 13.3 Å². The topological polar surface area (TPSA) is 54.0 Å². The highest BCUT2D eigenvalue weighted by Crippen LogP contribution is 2.31. The zero-order valence-electron chi connectivity index (χ0n) is 15.0. The summed E-state index contributed by atoms with van der Waals surface area (Å²) in [7, 11) is 1.59. The lowest BCUT2D eigenvalue weighted by Gasteiger charge is -2.09. The molecule has 0 bridgehead atoms. The number of rotatable bonds is 6. The van der Waals surface area contributed by atoms with Gasteiger partial charge in [-0.15, -0.1) is 0 Å². The van der Waals surface area contributed by atoms with Crippen LogP contribution in [0.2, 0.25) is 0 Å². The Bertz CT molecular complexity index is 810. The number of carbonyl (C=O) groups is 1. The molecule has 1 aliphatic heterocycles. The summed E-state index contributed by atoms with van der Waals surface area (Å²) in [6.45, 7) is 3.70. The molecule has 0 aromatic heterocycles. The summed E-state index contributed by atoms with van der Waals surface area (Å²) in [6, 6.07) is 10.8. The van der Waals surface area contributed by atoms with Crippen molar-refractivity contribution in [3.63, 3.8) is 0 Å². The van der Waals surface area contributed by atoms with Crippen molar-refractivity contribution in [1.29, 1.82) is 0 Å². The van der Waals surface area contributed by atoms with E-state index in [4.69, 9.17) is 18.9 Å². The maximum atomic E-state index is 12.5. The van der Waals surface area contributed by atoms with Crippen LogP contribution >= 0.6 is 0 Å². The second-order valence-electron chi connectivity index (χ2n) is 5.75. The van der Waals surface area contributed by atoms with E-state index in [1.165, 1.54) is 6.08 Å². The molecule has 2 aromatic carbocycles. The highest BCUT2D eigenvalue weighted by Gasteiger charge is 2.13. The SMILES string of the molecule is CCOc1ccc(/C=C/C(=O)c2ccc3c(c2)OCCCO3)cc1OC. The molecule has 0 N–H and O–H groups in total. The van der Waals surface area contributed by atoms with Crippen LogP contribution in [-0.4, -0.2) is 32.7 Å². The summed E-state index contributed by atoms with van der Waals surface area (Å²) in [6.07, 6.45) is 4.12. The van der Waals surface area contributed by atoms with E-state index in [2.05, 4.69) is 0 Å². The van der Waals surface area contributed by atoms with Crippen LogP contribution in [0.1, 0.15) is 29.3 Å². The fourth-order valence-corrected chi connectivity index (χ4v) is 2.65. The van der Waals surface area contributed by atoms with Gasteiger partial charge in [0.2, 0.25) is 0 Å². The van der Waals surface area contributed by atoms with E-state index in [-0.39, 0.29) is 5.78 Å². The van der Waals surface area contributed by atoms with Crippen molar-refractivity contribution >= 4 is 11.9 Å². The first-order valence-electron chi connectivity index (χ1n) is 8.64. The Labute approximate surface area is 153 Å². The van der Waals surface area contributed by atoms with Gasteiger partial charge in [0.25, 0.3) is 0 Å². The van der Waals surface area contributed by atoms with Crippen LogP contribution in [0.3, 0.4) is 0 Å². The number of carbonyl (C=O) groups excluding carboxylic acids is 1. The van der Waals surface area contributed by atoms with E-state index >= 15 is 0 Å². The van der Waals surface area contributed by atoms with Gasteiger partial charge in [-0.3, -0.25) is 4.79 Å². The van der Waals surface area contributed by atoms with E-state index < -0.39 is 0 Å². The number of fused-ring (bicyclic) bond motifs is 1. The van der Waals surface area contributed by atoms with Gasteiger partial charge in [-0.25, -0.2) is 0 Å². The minimum absolute atomic E-state index is 0.103. The molecule has 26 heavy (non-hydrogen) atoms. The maximum Gasteiger partial charge on any atom is 0.185 e. The van der Waals surface area contributed by atoms with Gasteiger partial charge in [0, 0.05) is 12.0 Å². The molecule has 1 aliphatic rings. The average Bonchev–Trinajstić information content (AvgIpc) is 2.91. The number of ketones is 1. The van der Waals surface area contributed by atoms with Crippen LogP contribution in [0.4, 0.5) is 0 Å². The molecule has 0 spiro atoms. The van der Waals surface area contributed by atoms with Gasteiger partial charge < -0.3 is 18.9 Å². The van der Waals surface area contributed by atoms with Crippen LogP contribution in [0.5, 0.6) is 23.0 Å². The zero-order valence-corrected chi connectivity index (χ0v) is 15.0.